The monoisotopic (exact) mass is 641 g/mol. The van der Waals surface area contributed by atoms with Gasteiger partial charge in [-0.1, -0.05) is 12.1 Å². The first-order valence-electron chi connectivity index (χ1n) is 13.0. The Labute approximate surface area is 243 Å². The van der Waals surface area contributed by atoms with E-state index in [0.717, 1.165) is 12.1 Å². The quantitative estimate of drug-likeness (QED) is 0.434. The molecule has 2 aromatic rings. The number of anilines is 2. The van der Waals surface area contributed by atoms with Crippen LogP contribution in [0.2, 0.25) is 0 Å². The van der Waals surface area contributed by atoms with Gasteiger partial charge in [0.2, 0.25) is 5.91 Å². The fourth-order valence-electron chi connectivity index (χ4n) is 4.53. The third kappa shape index (κ3) is 6.52. The lowest BCUT2D eigenvalue weighted by Crippen LogP contribution is -2.49. The summed E-state index contributed by atoms with van der Waals surface area (Å²) in [5.74, 6) is -3.41. The number of nitrogens with one attached hydrogen (secondary N) is 1. The number of halogens is 9. The zero-order chi connectivity index (χ0) is 32.7. The summed E-state index contributed by atoms with van der Waals surface area (Å²) in [5, 5.41) is 17.9. The maximum absolute atomic E-state index is 13.2. The molecule has 0 atom stereocenters. The number of nitrogens with zero attached hydrogens (tertiary/aromatic N) is 4. The Hall–Kier alpha value is -4.12. The van der Waals surface area contributed by atoms with Crippen molar-refractivity contribution in [3.05, 3.63) is 47.5 Å². The van der Waals surface area contributed by atoms with Crippen molar-refractivity contribution < 1.29 is 59.0 Å². The van der Waals surface area contributed by atoms with Crippen LogP contribution in [-0.2, 0) is 15.8 Å². The van der Waals surface area contributed by atoms with Gasteiger partial charge in [-0.15, -0.1) is 10.2 Å². The zero-order valence-electron chi connectivity index (χ0n) is 22.5. The second kappa shape index (κ2) is 11.4. The molecule has 1 aliphatic heterocycles. The minimum absolute atomic E-state index is 0.123. The topological polar surface area (TPSA) is 116 Å². The molecule has 1 saturated heterocycles. The maximum atomic E-state index is 13.2. The number of amides is 2. The van der Waals surface area contributed by atoms with Gasteiger partial charge in [-0.05, 0) is 49.9 Å². The van der Waals surface area contributed by atoms with E-state index in [4.69, 9.17) is 5.11 Å². The Morgan fingerprint density at radius 2 is 1.30 bits per heavy atom. The van der Waals surface area contributed by atoms with Crippen molar-refractivity contribution in [3.8, 4) is 0 Å². The molecule has 0 unspecified atom stereocenters. The van der Waals surface area contributed by atoms with E-state index in [1.54, 1.807) is 4.90 Å². The molecule has 2 N–H and O–H groups in total. The van der Waals surface area contributed by atoms with Gasteiger partial charge in [0.15, 0.2) is 17.1 Å². The van der Waals surface area contributed by atoms with Crippen LogP contribution in [0.1, 0.15) is 41.6 Å². The third-order valence-electron chi connectivity index (χ3n) is 7.68. The molecule has 2 saturated carbocycles. The second-order valence-electron chi connectivity index (χ2n) is 10.5. The molecule has 1 aromatic heterocycles. The minimum Gasteiger partial charge on any atom is -0.481 e. The van der Waals surface area contributed by atoms with E-state index in [-0.39, 0.29) is 57.7 Å². The van der Waals surface area contributed by atoms with Gasteiger partial charge in [0, 0.05) is 26.2 Å². The first-order chi connectivity index (χ1) is 20.3. The molecule has 5 rings (SSSR count). The molecule has 9 nitrogen and oxygen atoms in total. The first kappa shape index (κ1) is 32.8. The number of alkyl halides is 9. The van der Waals surface area contributed by atoms with Gasteiger partial charge in [0.1, 0.15) is 5.41 Å². The predicted octanol–water partition coefficient (Wildman–Crippen LogP) is 5.15. The summed E-state index contributed by atoms with van der Waals surface area (Å²) in [6, 6.07) is 7.38. The number of carboxylic acids is 1. The largest absolute Gasteiger partial charge is 0.481 e. The number of carboxylic acid groups (broad SMARTS) is 1. The summed E-state index contributed by atoms with van der Waals surface area (Å²) in [6.45, 7) is 0.799. The summed E-state index contributed by atoms with van der Waals surface area (Å²) in [5.41, 5.74) is -6.19. The number of hydrogen-bond acceptors (Lipinski definition) is 6. The SMILES string of the molecule is O=C(O)C1(C(F)(F)F)CC1.O=C(c1ccccc1C(F)(F)F)N1CCN(c2ccc(NC(=O)C3(C(F)(F)F)CC3)nn2)CC1. The average Bonchev–Trinajstić information content (AvgIpc) is 3.86. The summed E-state index contributed by atoms with van der Waals surface area (Å²) >= 11 is 0. The lowest BCUT2D eigenvalue weighted by molar-refractivity contribution is -0.202. The van der Waals surface area contributed by atoms with E-state index in [1.807, 2.05) is 0 Å². The molecule has 2 heterocycles. The summed E-state index contributed by atoms with van der Waals surface area (Å²) in [6.07, 6.45) is -15.0. The molecular formula is C26H24F9N5O4. The summed E-state index contributed by atoms with van der Waals surface area (Å²) in [7, 11) is 0. The lowest BCUT2D eigenvalue weighted by Gasteiger charge is -2.35. The molecule has 44 heavy (non-hydrogen) atoms. The highest BCUT2D eigenvalue weighted by atomic mass is 19.4. The predicted molar refractivity (Wildman–Crippen MR) is 133 cm³/mol. The van der Waals surface area contributed by atoms with E-state index in [2.05, 4.69) is 15.5 Å². The van der Waals surface area contributed by atoms with Crippen LogP contribution in [0.4, 0.5) is 51.1 Å². The van der Waals surface area contributed by atoms with Crippen molar-refractivity contribution in [2.75, 3.05) is 36.4 Å². The van der Waals surface area contributed by atoms with E-state index in [0.29, 0.717) is 5.82 Å². The van der Waals surface area contributed by atoms with Gasteiger partial charge in [-0.3, -0.25) is 14.4 Å². The number of piperazine rings is 1. The summed E-state index contributed by atoms with van der Waals surface area (Å²) in [4.78, 5) is 37.7. The van der Waals surface area contributed by atoms with Gasteiger partial charge in [0.25, 0.3) is 5.91 Å². The lowest BCUT2D eigenvalue weighted by atomic mass is 10.1. The number of carbonyl (C=O) groups is 3. The molecule has 0 radical (unpaired) electrons. The number of aromatic nitrogens is 2. The molecule has 3 fully saturated rings. The normalized spacial score (nSPS) is 18.9. The Balaban J connectivity index is 0.000000375. The molecule has 2 amide bonds. The third-order valence-corrected chi connectivity index (χ3v) is 7.68. The highest BCUT2D eigenvalue weighted by molar-refractivity contribution is 5.97. The van der Waals surface area contributed by atoms with Crippen molar-refractivity contribution >= 4 is 29.4 Å². The molecule has 18 heteroatoms. The number of aliphatic carboxylic acids is 1. The van der Waals surface area contributed by atoms with Crippen molar-refractivity contribution in [2.24, 2.45) is 10.8 Å². The van der Waals surface area contributed by atoms with E-state index in [1.165, 1.54) is 29.2 Å². The van der Waals surface area contributed by atoms with Crippen molar-refractivity contribution in [1.29, 1.82) is 0 Å². The van der Waals surface area contributed by atoms with Gasteiger partial charge in [-0.25, -0.2) is 0 Å². The number of hydrogen-bond donors (Lipinski definition) is 2. The molecule has 0 bridgehead atoms. The number of carbonyl (C=O) groups excluding carboxylic acids is 2. The van der Waals surface area contributed by atoms with Crippen LogP contribution in [0.15, 0.2) is 36.4 Å². The molecule has 240 valence electrons. The highest BCUT2D eigenvalue weighted by Gasteiger charge is 2.69. The van der Waals surface area contributed by atoms with Crippen LogP contribution in [0.5, 0.6) is 0 Å². The summed E-state index contributed by atoms with van der Waals surface area (Å²) < 4.78 is 114. The van der Waals surface area contributed by atoms with Gasteiger partial charge < -0.3 is 20.2 Å². The van der Waals surface area contributed by atoms with Crippen LogP contribution >= 0.6 is 0 Å². The van der Waals surface area contributed by atoms with Crippen molar-refractivity contribution in [1.82, 2.24) is 15.1 Å². The van der Waals surface area contributed by atoms with Crippen LogP contribution in [0.3, 0.4) is 0 Å². The maximum Gasteiger partial charge on any atom is 0.417 e. The molecule has 0 spiro atoms. The molecule has 1 aromatic carbocycles. The Morgan fingerprint density at radius 3 is 1.70 bits per heavy atom. The first-order valence-corrected chi connectivity index (χ1v) is 13.0. The highest BCUT2D eigenvalue weighted by Crippen LogP contribution is 2.58. The van der Waals surface area contributed by atoms with Crippen molar-refractivity contribution in [2.45, 2.75) is 44.2 Å². The number of rotatable bonds is 5. The van der Waals surface area contributed by atoms with Crippen molar-refractivity contribution in [3.63, 3.8) is 0 Å². The Bertz CT molecular complexity index is 1390. The molecule has 3 aliphatic rings. The van der Waals surface area contributed by atoms with E-state index < -0.39 is 58.3 Å². The minimum atomic E-state index is -4.65. The van der Waals surface area contributed by atoms with Gasteiger partial charge >= 0.3 is 24.5 Å². The van der Waals surface area contributed by atoms with Crippen LogP contribution < -0.4 is 10.2 Å². The Kier molecular flexibility index (Phi) is 8.51. The average molecular weight is 641 g/mol. The van der Waals surface area contributed by atoms with Crippen LogP contribution in [0, 0.1) is 10.8 Å². The Morgan fingerprint density at radius 1 is 0.750 bits per heavy atom. The second-order valence-corrected chi connectivity index (χ2v) is 10.5. The fourth-order valence-corrected chi connectivity index (χ4v) is 4.53. The van der Waals surface area contributed by atoms with Gasteiger partial charge in [0.05, 0.1) is 11.1 Å². The van der Waals surface area contributed by atoms with Crippen LogP contribution in [-0.4, -0.2) is 76.5 Å². The molecule has 2 aliphatic carbocycles. The van der Waals surface area contributed by atoms with Crippen LogP contribution in [0.25, 0.3) is 0 Å². The fraction of sp³-hybridized carbons (Fsp3) is 0.500. The standard InChI is InChI=1S/C21H19F6N5O2.C5H5F3O2/c22-20(23,24)14-4-2-1-3-13(14)17(33)32-11-9-31(10-12-32)16-6-5-15(29-30-16)28-18(34)19(7-8-19)21(25,26)27;6-5(7,8)4(1-2-4)3(9)10/h1-6H,7-12H2,(H,28,29,34);1-2H2,(H,9,10). The van der Waals surface area contributed by atoms with Gasteiger partial charge in [-0.2, -0.15) is 39.5 Å². The van der Waals surface area contributed by atoms with E-state index in [9.17, 15) is 53.9 Å². The molecular weight excluding hydrogens is 617 g/mol. The zero-order valence-corrected chi connectivity index (χ0v) is 22.5. The van der Waals surface area contributed by atoms with E-state index >= 15 is 0 Å². The number of benzene rings is 1. The smallest absolute Gasteiger partial charge is 0.417 e.